The monoisotopic (exact) mass is 244 g/mol. The number of carbonyl (C=O) groups is 1. The lowest BCUT2D eigenvalue weighted by Gasteiger charge is -2.52. The number of hydrogen-bond donors (Lipinski definition) is 0. The van der Waals surface area contributed by atoms with Crippen molar-refractivity contribution in [1.29, 1.82) is 0 Å². The van der Waals surface area contributed by atoms with Crippen molar-refractivity contribution < 1.29 is 4.79 Å². The number of nitrogens with zero attached hydrogens (tertiary/aromatic N) is 2. The number of amides is 1. The molecule has 0 aromatic carbocycles. The summed E-state index contributed by atoms with van der Waals surface area (Å²) in [6.07, 6.45) is 9.39. The second-order valence-electron chi connectivity index (χ2n) is 6.29. The minimum absolute atomic E-state index is 0.00345. The molecule has 3 nitrogen and oxygen atoms in total. The van der Waals surface area contributed by atoms with Crippen molar-refractivity contribution in [3.05, 3.63) is 24.8 Å². The first-order valence-electron chi connectivity index (χ1n) is 7.09. The molecule has 0 aromatic rings. The van der Waals surface area contributed by atoms with Crippen LogP contribution in [-0.4, -0.2) is 46.9 Å². The summed E-state index contributed by atoms with van der Waals surface area (Å²) in [7, 11) is 0. The first-order valence-corrected chi connectivity index (χ1v) is 7.09. The molecule has 0 radical (unpaired) electrons. The predicted octanol–water partition coefficient (Wildman–Crippen LogP) is 1.42. The highest BCUT2D eigenvalue weighted by Gasteiger charge is 2.62. The maximum Gasteiger partial charge on any atom is 0.227 e. The third-order valence-corrected chi connectivity index (χ3v) is 5.47. The fourth-order valence-corrected chi connectivity index (χ4v) is 4.95. The van der Waals surface area contributed by atoms with Crippen molar-refractivity contribution in [2.24, 2.45) is 11.8 Å². The molecular formula is C15H20N2O. The van der Waals surface area contributed by atoms with E-state index in [1.165, 1.54) is 19.5 Å². The van der Waals surface area contributed by atoms with Crippen LogP contribution in [0.4, 0.5) is 0 Å². The molecule has 3 bridgehead atoms. The average molecular weight is 244 g/mol. The van der Waals surface area contributed by atoms with E-state index >= 15 is 0 Å². The third kappa shape index (κ3) is 1.11. The summed E-state index contributed by atoms with van der Waals surface area (Å²) in [5, 5.41) is 0. The zero-order valence-electron chi connectivity index (χ0n) is 10.7. The largest absolute Gasteiger partial charge is 0.331 e. The van der Waals surface area contributed by atoms with Gasteiger partial charge in [-0.3, -0.25) is 9.69 Å². The van der Waals surface area contributed by atoms with E-state index < -0.39 is 0 Å². The van der Waals surface area contributed by atoms with Crippen LogP contribution in [0.1, 0.15) is 19.3 Å². The van der Waals surface area contributed by atoms with E-state index in [1.807, 2.05) is 6.08 Å². The minimum atomic E-state index is -0.00345. The average Bonchev–Trinajstić information content (AvgIpc) is 2.50. The van der Waals surface area contributed by atoms with Crippen molar-refractivity contribution >= 4 is 5.91 Å². The first kappa shape index (κ1) is 10.8. The van der Waals surface area contributed by atoms with Crippen molar-refractivity contribution in [1.82, 2.24) is 9.80 Å². The molecule has 1 amide bonds. The summed E-state index contributed by atoms with van der Waals surface area (Å²) in [5.41, 5.74) is -0.00345. The predicted molar refractivity (Wildman–Crippen MR) is 70.0 cm³/mol. The van der Waals surface area contributed by atoms with Crippen LogP contribution in [0.3, 0.4) is 0 Å². The quantitative estimate of drug-likeness (QED) is 0.686. The molecule has 18 heavy (non-hydrogen) atoms. The number of piperidine rings is 2. The molecule has 3 fully saturated rings. The van der Waals surface area contributed by atoms with Gasteiger partial charge in [-0.15, -0.1) is 6.58 Å². The number of hydrogen-bond acceptors (Lipinski definition) is 2. The second-order valence-corrected chi connectivity index (χ2v) is 6.29. The Morgan fingerprint density at radius 1 is 1.44 bits per heavy atom. The molecule has 4 aliphatic rings. The lowest BCUT2D eigenvalue weighted by Crippen LogP contribution is -2.63. The molecule has 4 rings (SSSR count). The Hall–Kier alpha value is -1.09. The van der Waals surface area contributed by atoms with Gasteiger partial charge in [0.25, 0.3) is 0 Å². The van der Waals surface area contributed by atoms with Crippen LogP contribution in [0.15, 0.2) is 24.8 Å². The summed E-state index contributed by atoms with van der Waals surface area (Å²) in [6.45, 7) is 7.24. The Morgan fingerprint density at radius 2 is 2.33 bits per heavy atom. The van der Waals surface area contributed by atoms with E-state index in [9.17, 15) is 4.79 Å². The van der Waals surface area contributed by atoms with E-state index in [1.54, 1.807) is 0 Å². The summed E-state index contributed by atoms with van der Waals surface area (Å²) in [5.74, 6) is 1.68. The highest BCUT2D eigenvalue weighted by molar-refractivity contribution is 5.81. The van der Waals surface area contributed by atoms with Gasteiger partial charge < -0.3 is 4.90 Å². The normalized spacial score (nSPS) is 48.4. The van der Waals surface area contributed by atoms with Gasteiger partial charge >= 0.3 is 0 Å². The fourth-order valence-electron chi connectivity index (χ4n) is 4.95. The highest BCUT2D eigenvalue weighted by Crippen LogP contribution is 2.53. The molecule has 0 saturated carbocycles. The van der Waals surface area contributed by atoms with Crippen LogP contribution in [0.2, 0.25) is 0 Å². The topological polar surface area (TPSA) is 23.6 Å². The lowest BCUT2D eigenvalue weighted by atomic mass is 9.70. The molecule has 1 spiro atoms. The van der Waals surface area contributed by atoms with Crippen LogP contribution >= 0.6 is 0 Å². The molecule has 2 unspecified atom stereocenters. The smallest absolute Gasteiger partial charge is 0.227 e. The van der Waals surface area contributed by atoms with Crippen LogP contribution in [0.5, 0.6) is 0 Å². The molecule has 3 saturated heterocycles. The van der Waals surface area contributed by atoms with Gasteiger partial charge in [0.1, 0.15) is 0 Å². The summed E-state index contributed by atoms with van der Waals surface area (Å²) in [4.78, 5) is 17.1. The van der Waals surface area contributed by atoms with Crippen LogP contribution in [0, 0.1) is 11.8 Å². The Morgan fingerprint density at radius 3 is 3.17 bits per heavy atom. The van der Waals surface area contributed by atoms with Gasteiger partial charge in [-0.1, -0.05) is 18.2 Å². The minimum Gasteiger partial charge on any atom is -0.331 e. The Balaban J connectivity index is 1.87. The molecule has 0 aliphatic carbocycles. The third-order valence-electron chi connectivity index (χ3n) is 5.47. The summed E-state index contributed by atoms with van der Waals surface area (Å²) >= 11 is 0. The first-order chi connectivity index (χ1) is 8.75. The zero-order valence-corrected chi connectivity index (χ0v) is 10.7. The van der Waals surface area contributed by atoms with Gasteiger partial charge in [-0.2, -0.15) is 0 Å². The van der Waals surface area contributed by atoms with Crippen LogP contribution in [-0.2, 0) is 4.79 Å². The molecule has 0 aromatic heterocycles. The van der Waals surface area contributed by atoms with Crippen molar-refractivity contribution in [2.45, 2.75) is 30.8 Å². The van der Waals surface area contributed by atoms with E-state index in [0.717, 1.165) is 13.0 Å². The SMILES string of the molecule is C=CC[C@H]1N2CC3C[C@H](C2)[C@]12C=CCC(=O)N2C3. The number of rotatable bonds is 2. The molecule has 0 N–H and O–H groups in total. The van der Waals surface area contributed by atoms with Gasteiger partial charge in [0.15, 0.2) is 0 Å². The second kappa shape index (κ2) is 3.47. The lowest BCUT2D eigenvalue weighted by molar-refractivity contribution is -0.141. The maximum absolute atomic E-state index is 12.3. The van der Waals surface area contributed by atoms with Crippen LogP contribution in [0.25, 0.3) is 0 Å². The molecular weight excluding hydrogens is 224 g/mol. The molecule has 96 valence electrons. The Labute approximate surface area is 108 Å². The van der Waals surface area contributed by atoms with E-state index in [4.69, 9.17) is 0 Å². The van der Waals surface area contributed by atoms with Gasteiger partial charge in [-0.25, -0.2) is 0 Å². The van der Waals surface area contributed by atoms with E-state index in [-0.39, 0.29) is 5.54 Å². The standard InChI is InChI=1S/C15H20N2O/c1-2-4-13-15-6-3-5-14(18)17(15)9-11-7-12(15)10-16(13)8-11/h2-3,6,11-13H,1,4-5,7-10H2/t11?,12-,13-,15-/m1/s1. The van der Waals surface area contributed by atoms with E-state index in [2.05, 4.69) is 28.5 Å². The summed E-state index contributed by atoms with van der Waals surface area (Å²) < 4.78 is 0. The Kier molecular flexibility index (Phi) is 2.08. The Bertz CT molecular complexity index is 444. The van der Waals surface area contributed by atoms with Crippen molar-refractivity contribution in [3.63, 3.8) is 0 Å². The van der Waals surface area contributed by atoms with Gasteiger partial charge in [0.2, 0.25) is 5.91 Å². The number of fused-ring (bicyclic) bond motifs is 2. The van der Waals surface area contributed by atoms with Gasteiger partial charge in [0, 0.05) is 38.0 Å². The molecule has 4 aliphatic heterocycles. The van der Waals surface area contributed by atoms with Crippen molar-refractivity contribution in [2.75, 3.05) is 19.6 Å². The van der Waals surface area contributed by atoms with Gasteiger partial charge in [-0.05, 0) is 18.8 Å². The zero-order chi connectivity index (χ0) is 12.3. The highest BCUT2D eigenvalue weighted by atomic mass is 16.2. The van der Waals surface area contributed by atoms with Crippen molar-refractivity contribution in [3.8, 4) is 0 Å². The summed E-state index contributed by atoms with van der Waals surface area (Å²) in [6, 6.07) is 0.466. The fraction of sp³-hybridized carbons (Fsp3) is 0.667. The molecule has 4 heterocycles. The van der Waals surface area contributed by atoms with E-state index in [0.29, 0.717) is 30.2 Å². The molecule has 3 heteroatoms. The maximum atomic E-state index is 12.3. The number of carbonyl (C=O) groups excluding carboxylic acids is 1. The molecule has 5 atom stereocenters. The van der Waals surface area contributed by atoms with Crippen LogP contribution < -0.4 is 0 Å². The van der Waals surface area contributed by atoms with Gasteiger partial charge in [0.05, 0.1) is 5.54 Å².